The molecule has 0 atom stereocenters. The first-order valence-electron chi connectivity index (χ1n) is 10.7. The van der Waals surface area contributed by atoms with Crippen molar-refractivity contribution in [2.75, 3.05) is 31.6 Å². The largest absolute Gasteiger partial charge is 0.493 e. The van der Waals surface area contributed by atoms with Gasteiger partial charge in [-0.25, -0.2) is 8.42 Å². The van der Waals surface area contributed by atoms with E-state index in [1.54, 1.807) is 68.8 Å². The molecule has 0 saturated carbocycles. The number of carbonyl (C=O) groups is 1. The van der Waals surface area contributed by atoms with Crippen LogP contribution in [0.4, 0.5) is 5.69 Å². The number of hydrogen-bond acceptors (Lipinski definition) is 7. The second kappa shape index (κ2) is 10.1. The molecule has 0 bridgehead atoms. The Kier molecular flexibility index (Phi) is 7.02. The van der Waals surface area contributed by atoms with Crippen LogP contribution in [-0.4, -0.2) is 41.6 Å². The van der Waals surface area contributed by atoms with Crippen LogP contribution in [0.1, 0.15) is 21.5 Å². The minimum Gasteiger partial charge on any atom is -0.493 e. The number of fused-ring (bicyclic) bond motifs is 1. The van der Waals surface area contributed by atoms with Crippen molar-refractivity contribution in [3.63, 3.8) is 0 Å². The van der Waals surface area contributed by atoms with Gasteiger partial charge in [-0.1, -0.05) is 18.2 Å². The van der Waals surface area contributed by atoms with Gasteiger partial charge in [-0.2, -0.15) is 0 Å². The van der Waals surface area contributed by atoms with Crippen LogP contribution in [0.15, 0.2) is 60.7 Å². The van der Waals surface area contributed by atoms with Crippen molar-refractivity contribution >= 4 is 21.6 Å². The van der Waals surface area contributed by atoms with Crippen LogP contribution < -0.4 is 28.6 Å². The summed E-state index contributed by atoms with van der Waals surface area (Å²) in [6.07, 6.45) is 1.15. The lowest BCUT2D eigenvalue weighted by Gasteiger charge is -2.23. The first-order valence-corrected chi connectivity index (χ1v) is 12.6. The van der Waals surface area contributed by atoms with Gasteiger partial charge in [0.05, 0.1) is 32.7 Å². The number of hydrogen-bond donors (Lipinski definition) is 1. The number of nitrogens with one attached hydrogen (secondary N) is 1. The van der Waals surface area contributed by atoms with Crippen molar-refractivity contribution in [1.29, 1.82) is 0 Å². The van der Waals surface area contributed by atoms with Gasteiger partial charge in [-0.3, -0.25) is 9.10 Å². The normalized spacial score (nSPS) is 12.2. The summed E-state index contributed by atoms with van der Waals surface area (Å²) in [7, 11) is -0.454. The fourth-order valence-corrected chi connectivity index (χ4v) is 4.52. The second-order valence-electron chi connectivity index (χ2n) is 7.88. The Morgan fingerprint density at radius 3 is 2.29 bits per heavy atom. The SMILES string of the molecule is COc1ccc(CNC(=O)c2ccc(CN(c3ccc4c(c3)OCO4)S(C)(=O)=O)cc2)cc1OC. The number of anilines is 1. The molecule has 3 aromatic carbocycles. The zero-order chi connectivity index (χ0) is 25.0. The Morgan fingerprint density at radius 1 is 0.914 bits per heavy atom. The third-order valence-corrected chi connectivity index (χ3v) is 6.63. The van der Waals surface area contributed by atoms with Crippen LogP contribution in [0.5, 0.6) is 23.0 Å². The molecule has 184 valence electrons. The van der Waals surface area contributed by atoms with E-state index in [1.807, 2.05) is 6.07 Å². The Balaban J connectivity index is 1.43. The van der Waals surface area contributed by atoms with E-state index in [1.165, 1.54) is 4.31 Å². The lowest BCUT2D eigenvalue weighted by molar-refractivity contribution is 0.0951. The number of rotatable bonds is 9. The maximum absolute atomic E-state index is 12.6. The predicted octanol–water partition coefficient (Wildman–Crippen LogP) is 3.33. The monoisotopic (exact) mass is 498 g/mol. The Morgan fingerprint density at radius 2 is 1.60 bits per heavy atom. The molecular formula is C25H26N2O7S. The van der Waals surface area contributed by atoms with Gasteiger partial charge in [-0.15, -0.1) is 0 Å². The van der Waals surface area contributed by atoms with Crippen LogP contribution >= 0.6 is 0 Å². The van der Waals surface area contributed by atoms with Crippen LogP contribution in [0.2, 0.25) is 0 Å². The van der Waals surface area contributed by atoms with E-state index < -0.39 is 10.0 Å². The standard InChI is InChI=1S/C25H26N2O7S/c1-31-21-10-6-18(12-23(21)32-2)14-26-25(28)19-7-4-17(5-8-19)15-27(35(3,29)30)20-9-11-22-24(13-20)34-16-33-22/h4-13H,14-16H2,1-3H3,(H,26,28). The van der Waals surface area contributed by atoms with Gasteiger partial charge in [-0.05, 0) is 47.5 Å². The number of amides is 1. The molecule has 1 amide bonds. The first-order chi connectivity index (χ1) is 16.8. The summed E-state index contributed by atoms with van der Waals surface area (Å²) in [5.74, 6) is 2.02. The molecule has 4 rings (SSSR count). The van der Waals surface area contributed by atoms with Crippen LogP contribution in [0.25, 0.3) is 0 Å². The van der Waals surface area contributed by atoms with E-state index in [2.05, 4.69) is 5.32 Å². The van der Waals surface area contributed by atoms with Gasteiger partial charge in [0.1, 0.15) is 0 Å². The Bertz CT molecular complexity index is 1320. The number of sulfonamides is 1. The number of nitrogens with zero attached hydrogens (tertiary/aromatic N) is 1. The average Bonchev–Trinajstić information content (AvgIpc) is 3.33. The van der Waals surface area contributed by atoms with E-state index in [0.717, 1.165) is 17.4 Å². The molecule has 1 N–H and O–H groups in total. The molecule has 3 aromatic rings. The molecule has 0 saturated heterocycles. The smallest absolute Gasteiger partial charge is 0.251 e. The Labute approximate surface area is 204 Å². The summed E-state index contributed by atoms with van der Waals surface area (Å²) in [5, 5.41) is 2.87. The highest BCUT2D eigenvalue weighted by Crippen LogP contribution is 2.36. The van der Waals surface area contributed by atoms with Crippen molar-refractivity contribution in [3.8, 4) is 23.0 Å². The van der Waals surface area contributed by atoms with Gasteiger partial charge in [0.25, 0.3) is 5.91 Å². The molecule has 0 aromatic heterocycles. The highest BCUT2D eigenvalue weighted by atomic mass is 32.2. The zero-order valence-corrected chi connectivity index (χ0v) is 20.4. The summed E-state index contributed by atoms with van der Waals surface area (Å²) >= 11 is 0. The van der Waals surface area contributed by atoms with E-state index in [9.17, 15) is 13.2 Å². The molecule has 0 radical (unpaired) electrons. The maximum Gasteiger partial charge on any atom is 0.251 e. The highest BCUT2D eigenvalue weighted by molar-refractivity contribution is 7.92. The molecule has 1 heterocycles. The van der Waals surface area contributed by atoms with Crippen molar-refractivity contribution in [2.24, 2.45) is 0 Å². The number of methoxy groups -OCH3 is 2. The summed E-state index contributed by atoms with van der Waals surface area (Å²) in [6.45, 7) is 0.520. The second-order valence-corrected chi connectivity index (χ2v) is 9.78. The van der Waals surface area contributed by atoms with Crippen molar-refractivity contribution < 1.29 is 32.2 Å². The number of benzene rings is 3. The lowest BCUT2D eigenvalue weighted by atomic mass is 10.1. The van der Waals surface area contributed by atoms with Crippen molar-refractivity contribution in [2.45, 2.75) is 13.1 Å². The molecule has 0 unspecified atom stereocenters. The molecule has 1 aliphatic heterocycles. The maximum atomic E-state index is 12.6. The van der Waals surface area contributed by atoms with Gasteiger partial charge in [0.15, 0.2) is 23.0 Å². The fourth-order valence-electron chi connectivity index (χ4n) is 3.64. The van der Waals surface area contributed by atoms with E-state index in [4.69, 9.17) is 18.9 Å². The topological polar surface area (TPSA) is 103 Å². The van der Waals surface area contributed by atoms with E-state index in [-0.39, 0.29) is 19.2 Å². The van der Waals surface area contributed by atoms with Crippen molar-refractivity contribution in [1.82, 2.24) is 5.32 Å². The van der Waals surface area contributed by atoms with Crippen LogP contribution in [0, 0.1) is 0 Å². The van der Waals surface area contributed by atoms with E-state index >= 15 is 0 Å². The summed E-state index contributed by atoms with van der Waals surface area (Å²) in [5.41, 5.74) is 2.52. The summed E-state index contributed by atoms with van der Waals surface area (Å²) < 4.78 is 47.5. The lowest BCUT2D eigenvalue weighted by Crippen LogP contribution is -2.29. The third-order valence-electron chi connectivity index (χ3n) is 5.49. The molecule has 0 aliphatic carbocycles. The fraction of sp³-hybridized carbons (Fsp3) is 0.240. The van der Waals surface area contributed by atoms with Gasteiger partial charge in [0.2, 0.25) is 16.8 Å². The van der Waals surface area contributed by atoms with E-state index in [0.29, 0.717) is 40.8 Å². The molecule has 9 nitrogen and oxygen atoms in total. The van der Waals surface area contributed by atoms with Gasteiger partial charge in [0, 0.05) is 18.2 Å². The van der Waals surface area contributed by atoms with Crippen LogP contribution in [-0.2, 0) is 23.1 Å². The Hall–Kier alpha value is -3.92. The predicted molar refractivity (Wildman–Crippen MR) is 131 cm³/mol. The van der Waals surface area contributed by atoms with Gasteiger partial charge >= 0.3 is 0 Å². The van der Waals surface area contributed by atoms with Gasteiger partial charge < -0.3 is 24.3 Å². The van der Waals surface area contributed by atoms with Crippen LogP contribution in [0.3, 0.4) is 0 Å². The molecule has 1 aliphatic rings. The molecular weight excluding hydrogens is 472 g/mol. The number of ether oxygens (including phenoxy) is 4. The molecule has 35 heavy (non-hydrogen) atoms. The third kappa shape index (κ3) is 5.60. The average molecular weight is 499 g/mol. The minimum absolute atomic E-state index is 0.103. The molecule has 0 spiro atoms. The molecule has 0 fully saturated rings. The minimum atomic E-state index is -3.57. The molecule has 10 heteroatoms. The summed E-state index contributed by atoms with van der Waals surface area (Å²) in [6, 6.07) is 17.2. The highest BCUT2D eigenvalue weighted by Gasteiger charge is 2.22. The quantitative estimate of drug-likeness (QED) is 0.483. The zero-order valence-electron chi connectivity index (χ0n) is 19.6. The first kappa shape index (κ1) is 24.2. The summed E-state index contributed by atoms with van der Waals surface area (Å²) in [4.78, 5) is 12.6. The van der Waals surface area contributed by atoms with Crippen molar-refractivity contribution in [3.05, 3.63) is 77.4 Å². The number of carbonyl (C=O) groups excluding carboxylic acids is 1.